The molecule has 14 nitrogen and oxygen atoms in total. The normalized spacial score (nSPS) is 15.7. The fourth-order valence-corrected chi connectivity index (χ4v) is 24.6. The van der Waals surface area contributed by atoms with Gasteiger partial charge in [-0.3, -0.25) is 0 Å². The summed E-state index contributed by atoms with van der Waals surface area (Å²) in [6.45, 7) is 9.19. The van der Waals surface area contributed by atoms with Gasteiger partial charge in [0.1, 0.15) is 42.1 Å². The standard InChI is InChI=1S/C52H38N4O2S3.C22H10Br2N2O2S3.C14H6Br2N2O2S/c1-51(2)37-13-5-9-17-41(37)55(42-18-10-6-14-38(42)51)47-27-25-45(59-47)31-21-23-33-34-24-22-32(30-36(34)50-49(35(33)29-31)53-61(57,58)54-50)46-26-28-48(60-46)56-43-19-11-7-15-39(43)52(3,4)40-16-8-12-20-44(40)56;23-19-7-5-17(29-19)11-1-3-13-14-4-2-12(18-6-8-20(24)30-18)10-16(14)22-21(15(13)9-11)25-31(27,28)26-22;15-7-1-3-9-10-4-2-8(16)6-12(10)14-13(11(9)5-7)17-21(19,20)18-14/h5-30H,1-4H3;1-10H;1-6H. The van der Waals surface area contributed by atoms with Gasteiger partial charge in [-0.1, -0.05) is 193 Å². The van der Waals surface area contributed by atoms with Gasteiger partial charge in [0.05, 0.1) is 30.3 Å². The van der Waals surface area contributed by atoms with Crippen LogP contribution in [0.25, 0.3) is 106 Å². The number of hydrogen-bond acceptors (Lipinski definition) is 12. The summed E-state index contributed by atoms with van der Waals surface area (Å²) in [5.41, 5.74) is 13.6. The average Bonchev–Trinajstić information content (AvgIpc) is 1.62. The summed E-state index contributed by atoms with van der Waals surface area (Å²) in [5.74, 6) is 0. The first-order chi connectivity index (χ1) is 54.3. The van der Waals surface area contributed by atoms with Crippen molar-refractivity contribution >= 4 is 237 Å². The minimum atomic E-state index is -4.06. The third kappa shape index (κ3) is 12.2. The lowest BCUT2D eigenvalue weighted by atomic mass is 9.74. The Balaban J connectivity index is 0.000000131. The lowest BCUT2D eigenvalue weighted by Gasteiger charge is -2.41. The second-order valence-corrected chi connectivity index (χ2v) is 41.5. The summed E-state index contributed by atoms with van der Waals surface area (Å²) in [4.78, 5) is 9.09. The molecule has 25 heteroatoms. The van der Waals surface area contributed by atoms with Crippen LogP contribution in [0.4, 0.5) is 32.8 Å². The zero-order valence-electron chi connectivity index (χ0n) is 59.6. The van der Waals surface area contributed by atoms with Crippen molar-refractivity contribution in [2.24, 2.45) is 26.4 Å². The summed E-state index contributed by atoms with van der Waals surface area (Å²) >= 11 is 20.5. The molecule has 0 unspecified atom stereocenters. The molecule has 0 radical (unpaired) electrons. The second kappa shape index (κ2) is 26.7. The fourth-order valence-electron chi connectivity index (χ4n) is 16.4. The van der Waals surface area contributed by atoms with Gasteiger partial charge in [0.2, 0.25) is 0 Å². The van der Waals surface area contributed by atoms with E-state index in [9.17, 15) is 25.3 Å². The fraction of sp³-hybridized carbons (Fsp3) is 0.0682. The van der Waals surface area contributed by atoms with E-state index >= 15 is 0 Å². The van der Waals surface area contributed by atoms with E-state index in [1.165, 1.54) is 45.0 Å². The topological polar surface area (TPSA) is 183 Å². The van der Waals surface area contributed by atoms with Crippen LogP contribution in [0.2, 0.25) is 0 Å². The molecule has 13 aromatic carbocycles. The molecule has 552 valence electrons. The molecule has 0 atom stereocenters. The van der Waals surface area contributed by atoms with Gasteiger partial charge >= 0.3 is 30.6 Å². The van der Waals surface area contributed by atoms with E-state index in [1.54, 1.807) is 45.3 Å². The molecule has 0 bridgehead atoms. The molecule has 4 aromatic heterocycles. The van der Waals surface area contributed by atoms with Crippen LogP contribution in [-0.4, -0.2) is 25.3 Å². The summed E-state index contributed by atoms with van der Waals surface area (Å²) in [7, 11) is -11.7. The number of fused-ring (bicyclic) bond motifs is 22. The molecule has 5 aliphatic heterocycles. The van der Waals surface area contributed by atoms with Crippen LogP contribution in [0.5, 0.6) is 0 Å². The van der Waals surface area contributed by atoms with E-state index in [0.29, 0.717) is 32.1 Å². The van der Waals surface area contributed by atoms with Gasteiger partial charge < -0.3 is 9.80 Å². The molecule has 113 heavy (non-hydrogen) atoms. The van der Waals surface area contributed by atoms with Crippen molar-refractivity contribution in [3.63, 3.8) is 0 Å². The van der Waals surface area contributed by atoms with E-state index in [0.717, 1.165) is 133 Å². The Kier molecular flexibility index (Phi) is 17.1. The molecule has 0 saturated heterocycles. The smallest absolute Gasteiger partial charge is 0.301 e. The van der Waals surface area contributed by atoms with E-state index in [2.05, 4.69) is 297 Å². The van der Waals surface area contributed by atoms with Crippen molar-refractivity contribution in [1.29, 1.82) is 0 Å². The summed E-state index contributed by atoms with van der Waals surface area (Å²) < 4.78 is 103. The zero-order valence-corrected chi connectivity index (χ0v) is 71.7. The Hall–Kier alpha value is -9.61. The number of thiophene rings is 4. The van der Waals surface area contributed by atoms with E-state index in [1.807, 2.05) is 84.9 Å². The predicted molar refractivity (Wildman–Crippen MR) is 476 cm³/mol. The molecule has 5 aliphatic rings. The van der Waals surface area contributed by atoms with Gasteiger partial charge in [-0.15, -0.1) is 71.7 Å². The largest absolute Gasteiger partial charge is 0.364 e. The number of rotatable bonds is 6. The minimum absolute atomic E-state index is 0.141. The number of halogens is 4. The number of nitrogens with zero attached hydrogens (tertiary/aromatic N) is 8. The van der Waals surface area contributed by atoms with E-state index in [4.69, 9.17) is 0 Å². The van der Waals surface area contributed by atoms with Crippen molar-refractivity contribution in [1.82, 2.24) is 0 Å². The molecule has 9 heterocycles. The lowest BCUT2D eigenvalue weighted by Crippen LogP contribution is -2.30. The lowest BCUT2D eigenvalue weighted by molar-refractivity contribution is 0.597. The highest BCUT2D eigenvalue weighted by atomic mass is 79.9. The third-order valence-electron chi connectivity index (χ3n) is 21.5. The number of hydrogen-bond donors (Lipinski definition) is 0. The van der Waals surface area contributed by atoms with Crippen molar-refractivity contribution in [3.05, 3.63) is 326 Å². The molecule has 0 aliphatic carbocycles. The van der Waals surface area contributed by atoms with Gasteiger partial charge in [0.15, 0.2) is 0 Å². The van der Waals surface area contributed by atoms with Crippen LogP contribution in [0.1, 0.15) is 49.9 Å². The summed E-state index contributed by atoms with van der Waals surface area (Å²) in [5, 5.41) is 15.1. The van der Waals surface area contributed by atoms with Crippen LogP contribution in [0, 0.1) is 0 Å². The van der Waals surface area contributed by atoms with Crippen molar-refractivity contribution in [2.45, 2.75) is 38.5 Å². The van der Waals surface area contributed by atoms with Gasteiger partial charge in [-0.05, 0) is 230 Å². The number of para-hydroxylation sites is 4. The molecule has 0 spiro atoms. The van der Waals surface area contributed by atoms with Gasteiger partial charge in [0, 0.05) is 71.6 Å². The third-order valence-corrected chi connectivity index (χ3v) is 30.6. The molecule has 0 N–H and O–H groups in total. The van der Waals surface area contributed by atoms with Crippen molar-refractivity contribution in [2.75, 3.05) is 9.80 Å². The van der Waals surface area contributed by atoms with Crippen LogP contribution in [0.3, 0.4) is 0 Å². The van der Waals surface area contributed by atoms with Gasteiger partial charge in [-0.25, -0.2) is 0 Å². The number of anilines is 6. The summed E-state index contributed by atoms with van der Waals surface area (Å²) in [6, 6.07) is 87.9. The molecule has 17 aromatic rings. The molecule has 0 fully saturated rings. The van der Waals surface area contributed by atoms with Gasteiger partial charge in [0.25, 0.3) is 0 Å². The quantitative estimate of drug-likeness (QED) is 0.147. The molecule has 0 amide bonds. The zero-order chi connectivity index (χ0) is 77.5. The first-order valence-electron chi connectivity index (χ1n) is 35.5. The monoisotopic (exact) mass is 1860 g/mol. The molecule has 22 rings (SSSR count). The molecule has 0 saturated carbocycles. The Labute approximate surface area is 697 Å². The Morgan fingerprint density at radius 3 is 0.770 bits per heavy atom. The van der Waals surface area contributed by atoms with Crippen molar-refractivity contribution in [3.8, 4) is 41.8 Å². The minimum Gasteiger partial charge on any atom is -0.301 e. The van der Waals surface area contributed by atoms with Gasteiger partial charge in [-0.2, -0.15) is 25.3 Å². The first kappa shape index (κ1) is 72.4. The number of benzene rings is 13. The van der Waals surface area contributed by atoms with Crippen molar-refractivity contribution < 1.29 is 25.3 Å². The highest BCUT2D eigenvalue weighted by Crippen LogP contribution is 2.56. The molecular formula is C88H54Br4N8O6S7. The SMILES string of the molecule is CC1(C)c2ccccc2N(c2ccc(-c3ccc4c(c3)c3c(c5cc(-c6ccc(N7c8ccccc8C(C)(C)c8ccccc87)s6)ccc54)=NS(=O)(=O)N=3)s2)c2ccccc21.O=S1(=O)N=c2c(c3cc(-c4ccc(Br)s4)ccc3c3ccc(-c4ccc(Br)s4)cc23)=N1.O=S1(=O)N=c2c(c3cc(Br)ccc3c3ccc(Br)cc23)=N1. The Bertz CT molecular complexity index is 7400. The predicted octanol–water partition coefficient (Wildman–Crippen LogP) is 22.7. The maximum atomic E-state index is 13.2. The maximum absolute atomic E-state index is 13.2. The van der Waals surface area contributed by atoms with E-state index in [-0.39, 0.29) is 10.8 Å². The highest BCUT2D eigenvalue weighted by molar-refractivity contribution is 9.11. The average molecular weight is 1860 g/mol. The van der Waals surface area contributed by atoms with Crippen LogP contribution >= 0.6 is 109 Å². The maximum Gasteiger partial charge on any atom is 0.364 e. The Morgan fingerprint density at radius 2 is 0.504 bits per heavy atom. The second-order valence-electron chi connectivity index (χ2n) is 28.9. The van der Waals surface area contributed by atoms with E-state index < -0.39 is 30.6 Å². The first-order valence-corrected chi connectivity index (χ1v) is 46.2. The van der Waals surface area contributed by atoms with Crippen LogP contribution < -0.4 is 41.9 Å². The van der Waals surface area contributed by atoms with Crippen LogP contribution in [0.15, 0.2) is 298 Å². The Morgan fingerprint density at radius 1 is 0.265 bits per heavy atom. The van der Waals surface area contributed by atoms with Crippen LogP contribution in [-0.2, 0) is 41.5 Å². The molecular weight excluding hydrogens is 1810 g/mol. The highest BCUT2D eigenvalue weighted by Gasteiger charge is 2.39. The summed E-state index contributed by atoms with van der Waals surface area (Å²) in [6.07, 6.45) is 0.